The molecule has 0 aromatic carbocycles. The van der Waals surface area contributed by atoms with Crippen molar-refractivity contribution in [2.75, 3.05) is 0 Å². The SMILES string of the molecule is Cc1cc(C(=O)Cn2cnc([N+](=O)[O-])c2)c(C)[nH]1. The first kappa shape index (κ1) is 12.0. The minimum atomic E-state index is -0.591. The zero-order valence-electron chi connectivity index (χ0n) is 10.0. The summed E-state index contributed by atoms with van der Waals surface area (Å²) in [7, 11) is 0. The molecule has 0 fully saturated rings. The van der Waals surface area contributed by atoms with Crippen LogP contribution in [-0.2, 0) is 6.54 Å². The molecule has 2 aromatic heterocycles. The average molecular weight is 248 g/mol. The van der Waals surface area contributed by atoms with E-state index in [-0.39, 0.29) is 18.1 Å². The summed E-state index contributed by atoms with van der Waals surface area (Å²) >= 11 is 0. The lowest BCUT2D eigenvalue weighted by Gasteiger charge is -1.99. The first-order valence-electron chi connectivity index (χ1n) is 5.33. The van der Waals surface area contributed by atoms with Crippen molar-refractivity contribution in [3.05, 3.63) is 45.7 Å². The van der Waals surface area contributed by atoms with Crippen molar-refractivity contribution < 1.29 is 9.72 Å². The van der Waals surface area contributed by atoms with Crippen LogP contribution in [0.2, 0.25) is 0 Å². The van der Waals surface area contributed by atoms with Gasteiger partial charge in [-0.3, -0.25) is 4.79 Å². The van der Waals surface area contributed by atoms with E-state index in [4.69, 9.17) is 0 Å². The number of carbonyl (C=O) groups excluding carboxylic acids is 1. The molecule has 0 aliphatic rings. The van der Waals surface area contributed by atoms with Gasteiger partial charge in [-0.25, -0.2) is 0 Å². The lowest BCUT2D eigenvalue weighted by atomic mass is 10.1. The maximum atomic E-state index is 12.0. The number of aromatic nitrogens is 3. The van der Waals surface area contributed by atoms with E-state index in [0.717, 1.165) is 11.4 Å². The smallest absolute Gasteiger partial charge is 0.362 e. The number of carbonyl (C=O) groups is 1. The normalized spacial score (nSPS) is 10.6. The first-order valence-corrected chi connectivity index (χ1v) is 5.33. The zero-order valence-corrected chi connectivity index (χ0v) is 10.0. The van der Waals surface area contributed by atoms with Crippen molar-refractivity contribution in [2.24, 2.45) is 0 Å². The summed E-state index contributed by atoms with van der Waals surface area (Å²) in [5, 5.41) is 10.5. The van der Waals surface area contributed by atoms with Crippen LogP contribution >= 0.6 is 0 Å². The number of nitrogens with zero attached hydrogens (tertiary/aromatic N) is 3. The van der Waals surface area contributed by atoms with Gasteiger partial charge in [-0.2, -0.15) is 0 Å². The summed E-state index contributed by atoms with van der Waals surface area (Å²) < 4.78 is 1.40. The summed E-state index contributed by atoms with van der Waals surface area (Å²) in [4.78, 5) is 28.5. The lowest BCUT2D eigenvalue weighted by molar-refractivity contribution is -0.389. The van der Waals surface area contributed by atoms with E-state index in [9.17, 15) is 14.9 Å². The van der Waals surface area contributed by atoms with Crippen molar-refractivity contribution >= 4 is 11.6 Å². The molecule has 0 aliphatic heterocycles. The second kappa shape index (κ2) is 4.44. The van der Waals surface area contributed by atoms with E-state index in [1.54, 1.807) is 6.07 Å². The number of nitro groups is 1. The van der Waals surface area contributed by atoms with E-state index >= 15 is 0 Å². The predicted molar refractivity (Wildman–Crippen MR) is 63.5 cm³/mol. The summed E-state index contributed by atoms with van der Waals surface area (Å²) in [5.74, 6) is -0.367. The average Bonchev–Trinajstić information content (AvgIpc) is 2.85. The number of nitrogens with one attached hydrogen (secondary N) is 1. The standard InChI is InChI=1S/C11H12N4O3/c1-7-3-9(8(2)13-7)10(16)4-14-5-11(12-6-14)15(17)18/h3,5-6,13H,4H2,1-2H3. The molecular formula is C11H12N4O3. The largest absolute Gasteiger partial charge is 0.381 e. The maximum absolute atomic E-state index is 12.0. The monoisotopic (exact) mass is 248 g/mol. The van der Waals surface area contributed by atoms with Gasteiger partial charge in [0.05, 0.1) is 6.54 Å². The number of H-pyrrole nitrogens is 1. The van der Waals surface area contributed by atoms with Crippen molar-refractivity contribution in [2.45, 2.75) is 20.4 Å². The van der Waals surface area contributed by atoms with E-state index < -0.39 is 4.92 Å². The highest BCUT2D eigenvalue weighted by atomic mass is 16.6. The first-order chi connectivity index (χ1) is 8.47. The van der Waals surface area contributed by atoms with E-state index in [1.807, 2.05) is 13.8 Å². The number of hydrogen-bond donors (Lipinski definition) is 1. The third-order valence-corrected chi connectivity index (χ3v) is 2.58. The Morgan fingerprint density at radius 1 is 1.56 bits per heavy atom. The number of aromatic amines is 1. The van der Waals surface area contributed by atoms with Crippen molar-refractivity contribution in [1.82, 2.24) is 14.5 Å². The summed E-state index contributed by atoms with van der Waals surface area (Å²) in [6.45, 7) is 3.72. The Kier molecular flexibility index (Phi) is 2.97. The molecular weight excluding hydrogens is 236 g/mol. The number of hydrogen-bond acceptors (Lipinski definition) is 4. The second-order valence-corrected chi connectivity index (χ2v) is 4.08. The molecule has 0 spiro atoms. The molecule has 2 aromatic rings. The molecule has 0 aliphatic carbocycles. The molecule has 0 amide bonds. The molecule has 7 heteroatoms. The minimum absolute atomic E-state index is 0.0406. The molecule has 0 bridgehead atoms. The van der Waals surface area contributed by atoms with E-state index in [2.05, 4.69) is 9.97 Å². The highest BCUT2D eigenvalue weighted by Crippen LogP contribution is 2.12. The van der Waals surface area contributed by atoms with Crippen LogP contribution in [-0.4, -0.2) is 25.2 Å². The number of rotatable bonds is 4. The van der Waals surface area contributed by atoms with Gasteiger partial charge >= 0.3 is 5.82 Å². The van der Waals surface area contributed by atoms with E-state index in [1.165, 1.54) is 17.1 Å². The molecule has 0 saturated carbocycles. The fourth-order valence-corrected chi connectivity index (χ4v) is 1.79. The minimum Gasteiger partial charge on any atom is -0.362 e. The third kappa shape index (κ3) is 2.29. The number of aryl methyl sites for hydroxylation is 2. The highest BCUT2D eigenvalue weighted by molar-refractivity contribution is 5.97. The Hall–Kier alpha value is -2.44. The van der Waals surface area contributed by atoms with Gasteiger partial charge in [0.2, 0.25) is 6.33 Å². The number of imidazole rings is 1. The Balaban J connectivity index is 2.16. The molecule has 1 N–H and O–H groups in total. The molecule has 2 heterocycles. The van der Waals surface area contributed by atoms with Crippen LogP contribution in [0.15, 0.2) is 18.6 Å². The fourth-order valence-electron chi connectivity index (χ4n) is 1.79. The van der Waals surface area contributed by atoms with Crippen molar-refractivity contribution in [3.63, 3.8) is 0 Å². The van der Waals surface area contributed by atoms with Crippen LogP contribution < -0.4 is 0 Å². The number of Topliss-reactive ketones (excluding diaryl/α,β-unsaturated/α-hetero) is 1. The van der Waals surface area contributed by atoms with Gasteiger partial charge in [0.25, 0.3) is 0 Å². The van der Waals surface area contributed by atoms with Gasteiger partial charge in [-0.05, 0) is 29.8 Å². The van der Waals surface area contributed by atoms with Crippen LogP contribution in [0.4, 0.5) is 5.82 Å². The topological polar surface area (TPSA) is 93.8 Å². The molecule has 0 unspecified atom stereocenters. The fraction of sp³-hybridized carbons (Fsp3) is 0.273. The summed E-state index contributed by atoms with van der Waals surface area (Å²) in [6, 6.07) is 1.77. The molecule has 0 atom stereocenters. The molecule has 0 radical (unpaired) electrons. The van der Waals surface area contributed by atoms with Crippen LogP contribution in [0.25, 0.3) is 0 Å². The Labute approximate surface area is 103 Å². The van der Waals surface area contributed by atoms with Gasteiger partial charge in [-0.15, -0.1) is 0 Å². The van der Waals surface area contributed by atoms with Gasteiger partial charge < -0.3 is 19.7 Å². The van der Waals surface area contributed by atoms with Gasteiger partial charge in [-0.1, -0.05) is 0 Å². The van der Waals surface area contributed by atoms with Gasteiger partial charge in [0.1, 0.15) is 6.20 Å². The Bertz CT molecular complexity index is 612. The quantitative estimate of drug-likeness (QED) is 0.505. The van der Waals surface area contributed by atoms with Gasteiger partial charge in [0, 0.05) is 17.0 Å². The predicted octanol–water partition coefficient (Wildman–Crippen LogP) is 1.62. The summed E-state index contributed by atoms with van der Waals surface area (Å²) in [5.41, 5.74) is 2.31. The Morgan fingerprint density at radius 3 is 2.78 bits per heavy atom. The third-order valence-electron chi connectivity index (χ3n) is 2.58. The van der Waals surface area contributed by atoms with E-state index in [0.29, 0.717) is 5.56 Å². The zero-order chi connectivity index (χ0) is 13.3. The van der Waals surface area contributed by atoms with Crippen molar-refractivity contribution in [1.29, 1.82) is 0 Å². The highest BCUT2D eigenvalue weighted by Gasteiger charge is 2.15. The maximum Gasteiger partial charge on any atom is 0.381 e. The lowest BCUT2D eigenvalue weighted by Crippen LogP contribution is -2.09. The molecule has 0 saturated heterocycles. The molecule has 18 heavy (non-hydrogen) atoms. The Morgan fingerprint density at radius 2 is 2.28 bits per heavy atom. The number of ketones is 1. The second-order valence-electron chi connectivity index (χ2n) is 4.08. The molecule has 2 rings (SSSR count). The van der Waals surface area contributed by atoms with Crippen LogP contribution in [0.1, 0.15) is 21.7 Å². The van der Waals surface area contributed by atoms with Gasteiger partial charge in [0.15, 0.2) is 5.78 Å². The molecule has 94 valence electrons. The van der Waals surface area contributed by atoms with Crippen LogP contribution in [0.3, 0.4) is 0 Å². The van der Waals surface area contributed by atoms with Crippen LogP contribution in [0, 0.1) is 24.0 Å². The summed E-state index contributed by atoms with van der Waals surface area (Å²) in [6.07, 6.45) is 2.53. The van der Waals surface area contributed by atoms with Crippen LogP contribution in [0.5, 0.6) is 0 Å². The van der Waals surface area contributed by atoms with Crippen molar-refractivity contribution in [3.8, 4) is 0 Å². The molecule has 7 nitrogen and oxygen atoms in total.